The summed E-state index contributed by atoms with van der Waals surface area (Å²) in [5, 5.41) is 30.9. The maximum atomic E-state index is 12.2. The minimum Gasteiger partial charge on any atom is -0.481 e. The molecule has 2 aromatic carbocycles. The van der Waals surface area contributed by atoms with E-state index in [0.29, 0.717) is 29.7 Å². The summed E-state index contributed by atoms with van der Waals surface area (Å²) >= 11 is 0. The third-order valence-corrected chi connectivity index (χ3v) is 6.99. The zero-order chi connectivity index (χ0) is 27.5. The Morgan fingerprint density at radius 2 is 1.82 bits per heavy atom. The maximum absolute atomic E-state index is 12.2. The topological polar surface area (TPSA) is 102 Å². The fourth-order valence-electron chi connectivity index (χ4n) is 5.49. The molecule has 3 atom stereocenters. The fourth-order valence-corrected chi connectivity index (χ4v) is 5.49. The Morgan fingerprint density at radius 1 is 1.13 bits per heavy atom. The van der Waals surface area contributed by atoms with E-state index in [-0.39, 0.29) is 24.0 Å². The molecule has 196 valence electrons. The van der Waals surface area contributed by atoms with Gasteiger partial charge < -0.3 is 19.5 Å². The van der Waals surface area contributed by atoms with Crippen LogP contribution >= 0.6 is 0 Å². The van der Waals surface area contributed by atoms with Gasteiger partial charge in [0.05, 0.1) is 30.9 Å². The first kappa shape index (κ1) is 27.0. The lowest BCUT2D eigenvalue weighted by Gasteiger charge is -2.40. The number of nitriles is 2. The number of methoxy groups -OCH3 is 1. The molecule has 3 unspecified atom stereocenters. The molecule has 38 heavy (non-hydrogen) atoms. The summed E-state index contributed by atoms with van der Waals surface area (Å²) in [6, 6.07) is 22.8. The van der Waals surface area contributed by atoms with Crippen LogP contribution in [0.4, 0.5) is 8.78 Å². The summed E-state index contributed by atoms with van der Waals surface area (Å²) < 4.78 is 34.6. The van der Waals surface area contributed by atoms with Gasteiger partial charge in [0, 0.05) is 12.0 Å². The van der Waals surface area contributed by atoms with Crippen LogP contribution in [0.15, 0.2) is 60.7 Å². The van der Waals surface area contributed by atoms with Gasteiger partial charge in [-0.25, -0.2) is 13.8 Å². The minimum atomic E-state index is -2.20. The van der Waals surface area contributed by atoms with Crippen LogP contribution in [0.3, 0.4) is 0 Å². The lowest BCUT2D eigenvalue weighted by molar-refractivity contribution is -0.106. The Kier molecular flexibility index (Phi) is 7.63. The molecular formula is C29H28F2N4O3. The molecule has 9 heteroatoms. The van der Waals surface area contributed by atoms with E-state index in [9.17, 15) is 24.4 Å². The second-order valence-corrected chi connectivity index (χ2v) is 9.54. The Bertz CT molecular complexity index is 1360. The van der Waals surface area contributed by atoms with E-state index in [2.05, 4.69) is 11.1 Å². The van der Waals surface area contributed by atoms with Crippen LogP contribution in [0.1, 0.15) is 46.7 Å². The molecule has 3 aromatic rings. The molecule has 1 fully saturated rings. The van der Waals surface area contributed by atoms with Gasteiger partial charge in [0.2, 0.25) is 5.88 Å². The third kappa shape index (κ3) is 4.56. The van der Waals surface area contributed by atoms with E-state index in [0.717, 1.165) is 11.1 Å². The fraction of sp³-hybridized carbons (Fsp3) is 0.345. The van der Waals surface area contributed by atoms with Crippen molar-refractivity contribution in [2.75, 3.05) is 27.7 Å². The number of halogens is 2. The molecule has 5 rings (SSSR count). The van der Waals surface area contributed by atoms with E-state index in [1.807, 2.05) is 48.5 Å². The molecule has 1 saturated carbocycles. The van der Waals surface area contributed by atoms with Crippen LogP contribution in [0.2, 0.25) is 0 Å². The first-order chi connectivity index (χ1) is 18.2. The van der Waals surface area contributed by atoms with Crippen LogP contribution in [-0.2, 0) is 11.2 Å². The summed E-state index contributed by atoms with van der Waals surface area (Å²) in [6.07, 6.45) is -1.08. The van der Waals surface area contributed by atoms with Crippen LogP contribution in [0.5, 0.6) is 11.6 Å². The van der Waals surface area contributed by atoms with Gasteiger partial charge in [-0.3, -0.25) is 0 Å². The van der Waals surface area contributed by atoms with Crippen molar-refractivity contribution in [2.24, 2.45) is 0 Å². The lowest BCUT2D eigenvalue weighted by Crippen LogP contribution is -2.48. The molecule has 1 aliphatic carbocycles. The highest BCUT2D eigenvalue weighted by Gasteiger charge is 2.69. The summed E-state index contributed by atoms with van der Waals surface area (Å²) in [7, 11) is 4.71. The zero-order valence-electron chi connectivity index (χ0n) is 21.4. The molecule has 2 heterocycles. The van der Waals surface area contributed by atoms with E-state index >= 15 is 0 Å². The van der Waals surface area contributed by atoms with E-state index in [4.69, 9.17) is 9.47 Å². The molecule has 0 spiro atoms. The van der Waals surface area contributed by atoms with E-state index in [1.165, 1.54) is 12.0 Å². The summed E-state index contributed by atoms with van der Waals surface area (Å²) in [6.45, 7) is -0.139. The molecule has 0 radical (unpaired) electrons. The first-order valence-corrected chi connectivity index (χ1v) is 12.1. The van der Waals surface area contributed by atoms with E-state index < -0.39 is 17.6 Å². The van der Waals surface area contributed by atoms with Crippen molar-refractivity contribution in [1.82, 2.24) is 9.88 Å². The molecule has 0 bridgehead atoms. The second kappa shape index (κ2) is 10.7. The van der Waals surface area contributed by atoms with Gasteiger partial charge in [-0.05, 0) is 50.2 Å². The monoisotopic (exact) mass is 518 g/mol. The molecular weight excluding hydrogens is 490 g/mol. The summed E-state index contributed by atoms with van der Waals surface area (Å²) in [5.41, 5.74) is 0.402. The number of fused-ring (bicyclic) bond motifs is 3. The molecule has 1 N–H and O–H groups in total. The van der Waals surface area contributed by atoms with Gasteiger partial charge in [-0.2, -0.15) is 10.5 Å². The van der Waals surface area contributed by atoms with Gasteiger partial charge >= 0.3 is 0 Å². The van der Waals surface area contributed by atoms with Gasteiger partial charge in [-0.1, -0.05) is 42.5 Å². The first-order valence-electron chi connectivity index (χ1n) is 12.1. The second-order valence-electron chi connectivity index (χ2n) is 9.54. The molecule has 0 saturated heterocycles. The SMILES string of the molecule is CN(C)CC(F)F.COc1nc(C#N)cc2c1C1(O)CCC(c3ccccc3)C1(c1ccc(C#N)cc1)O2. The number of ether oxygens (including phenoxy) is 2. The summed E-state index contributed by atoms with van der Waals surface area (Å²) in [5.74, 6) is 0.436. The minimum absolute atomic E-state index is 0.139. The van der Waals surface area contributed by atoms with Crippen molar-refractivity contribution in [3.63, 3.8) is 0 Å². The quantitative estimate of drug-likeness (QED) is 0.522. The van der Waals surface area contributed by atoms with E-state index in [1.54, 1.807) is 32.3 Å². The lowest BCUT2D eigenvalue weighted by atomic mass is 9.72. The number of benzene rings is 2. The molecule has 0 amide bonds. The highest BCUT2D eigenvalue weighted by Crippen LogP contribution is 2.67. The highest BCUT2D eigenvalue weighted by atomic mass is 19.3. The van der Waals surface area contributed by atoms with Crippen molar-refractivity contribution in [3.05, 3.63) is 88.6 Å². The summed E-state index contributed by atoms with van der Waals surface area (Å²) in [4.78, 5) is 5.72. The van der Waals surface area contributed by atoms with Crippen molar-refractivity contribution >= 4 is 0 Å². The van der Waals surface area contributed by atoms with Crippen molar-refractivity contribution in [1.29, 1.82) is 10.5 Å². The van der Waals surface area contributed by atoms with Gasteiger partial charge in [-0.15, -0.1) is 0 Å². The van der Waals surface area contributed by atoms with Gasteiger partial charge in [0.25, 0.3) is 6.43 Å². The average Bonchev–Trinajstić information content (AvgIpc) is 3.35. The maximum Gasteiger partial charge on any atom is 0.251 e. The molecule has 7 nitrogen and oxygen atoms in total. The highest BCUT2D eigenvalue weighted by molar-refractivity contribution is 5.58. The molecule has 1 aromatic heterocycles. The van der Waals surface area contributed by atoms with Gasteiger partial charge in [0.15, 0.2) is 5.60 Å². The Balaban J connectivity index is 0.000000426. The zero-order valence-corrected chi connectivity index (χ0v) is 21.4. The standard InChI is InChI=1S/C25H19N3O3.C4H9F2N/c1-30-23-22-21(13-19(15-27)28-23)31-25(18-9-7-16(14-26)8-10-18)20(11-12-24(22,25)29)17-5-3-2-4-6-17;1-7(2)3-4(5)6/h2-10,13,20,29H,11-12H2,1H3;4H,3H2,1-2H3. The normalized spacial score (nSPS) is 22.9. The predicted molar refractivity (Wildman–Crippen MR) is 136 cm³/mol. The number of pyridine rings is 1. The number of nitrogens with zero attached hydrogens (tertiary/aromatic N) is 4. The Hall–Kier alpha value is -4.05. The number of aliphatic hydroxyl groups is 1. The largest absolute Gasteiger partial charge is 0.481 e. The molecule has 1 aliphatic heterocycles. The average molecular weight is 519 g/mol. The van der Waals surface area contributed by atoms with Crippen molar-refractivity contribution < 1.29 is 23.4 Å². The van der Waals surface area contributed by atoms with Crippen LogP contribution < -0.4 is 9.47 Å². The molecule has 2 aliphatic rings. The number of hydrogen-bond acceptors (Lipinski definition) is 7. The van der Waals surface area contributed by atoms with Crippen LogP contribution in [0, 0.1) is 22.7 Å². The Morgan fingerprint density at radius 3 is 2.34 bits per heavy atom. The predicted octanol–water partition coefficient (Wildman–Crippen LogP) is 4.70. The number of alkyl halides is 2. The Labute approximate surface area is 220 Å². The number of rotatable bonds is 5. The van der Waals surface area contributed by atoms with Crippen molar-refractivity contribution in [3.8, 4) is 23.8 Å². The third-order valence-electron chi connectivity index (χ3n) is 6.99. The van der Waals surface area contributed by atoms with Crippen molar-refractivity contribution in [2.45, 2.75) is 36.4 Å². The number of aromatic nitrogens is 1. The van der Waals surface area contributed by atoms with Gasteiger partial charge in [0.1, 0.15) is 23.1 Å². The van der Waals surface area contributed by atoms with Crippen LogP contribution in [-0.4, -0.2) is 49.2 Å². The smallest absolute Gasteiger partial charge is 0.251 e. The number of hydrogen-bond donors (Lipinski definition) is 1. The van der Waals surface area contributed by atoms with Crippen LogP contribution in [0.25, 0.3) is 0 Å².